The van der Waals surface area contributed by atoms with Crippen LogP contribution in [0.1, 0.15) is 18.4 Å². The molecule has 3 aliphatic rings. The van der Waals surface area contributed by atoms with Crippen LogP contribution in [0, 0.1) is 12.8 Å². The highest BCUT2D eigenvalue weighted by Gasteiger charge is 2.33. The molecule has 26 heavy (non-hydrogen) atoms. The normalized spacial score (nSPS) is 26.0. The van der Waals surface area contributed by atoms with E-state index in [-0.39, 0.29) is 0 Å². The van der Waals surface area contributed by atoms with Crippen molar-refractivity contribution in [2.24, 2.45) is 5.92 Å². The summed E-state index contributed by atoms with van der Waals surface area (Å²) in [6.07, 6.45) is 2.78. The van der Waals surface area contributed by atoms with Gasteiger partial charge in [0.15, 0.2) is 0 Å². The molecule has 0 radical (unpaired) electrons. The second-order valence-electron chi connectivity index (χ2n) is 9.56. The summed E-state index contributed by atoms with van der Waals surface area (Å²) < 4.78 is 1.22. The Morgan fingerprint density at radius 3 is 2.15 bits per heavy atom. The lowest BCUT2D eigenvalue weighted by atomic mass is 9.97. The van der Waals surface area contributed by atoms with Gasteiger partial charge in [0.05, 0.1) is 27.2 Å². The standard InChI is InChI=1S/C22H37N4/c1-19-4-6-21(7-5-19)25-17-20(18-25)16-23-10-12-24(13-11-23)22-8-14-26(2,3)15-9-22/h4-7,20,22H,8-18H2,1-3H3/q+1. The molecule has 4 heteroatoms. The Hall–Kier alpha value is -1.10. The highest BCUT2D eigenvalue weighted by molar-refractivity contribution is 5.49. The molecule has 4 rings (SSSR count). The third-order valence-corrected chi connectivity index (χ3v) is 6.93. The molecule has 0 atom stereocenters. The van der Waals surface area contributed by atoms with E-state index in [1.165, 1.54) is 87.5 Å². The zero-order chi connectivity index (χ0) is 18.1. The van der Waals surface area contributed by atoms with Crippen LogP contribution >= 0.6 is 0 Å². The first-order valence-corrected chi connectivity index (χ1v) is 10.6. The molecule has 0 aliphatic carbocycles. The lowest BCUT2D eigenvalue weighted by molar-refractivity contribution is -0.895. The summed E-state index contributed by atoms with van der Waals surface area (Å²) in [4.78, 5) is 8.04. The SMILES string of the molecule is Cc1ccc(N2CC(CN3CCN(C4CC[N+](C)(C)CC4)CC3)C2)cc1. The molecule has 0 amide bonds. The molecule has 0 N–H and O–H groups in total. The fourth-order valence-electron chi connectivity index (χ4n) is 4.95. The number of benzene rings is 1. The van der Waals surface area contributed by atoms with E-state index in [4.69, 9.17) is 0 Å². The number of nitrogens with zero attached hydrogens (tertiary/aromatic N) is 4. The maximum atomic E-state index is 2.79. The van der Waals surface area contributed by atoms with Gasteiger partial charge in [-0.05, 0) is 19.1 Å². The average Bonchev–Trinajstić information content (AvgIpc) is 2.60. The third kappa shape index (κ3) is 4.24. The maximum absolute atomic E-state index is 2.79. The molecule has 0 spiro atoms. The van der Waals surface area contributed by atoms with E-state index in [2.05, 4.69) is 60.0 Å². The fourth-order valence-corrected chi connectivity index (χ4v) is 4.95. The van der Waals surface area contributed by atoms with Gasteiger partial charge in [0.25, 0.3) is 0 Å². The van der Waals surface area contributed by atoms with Gasteiger partial charge in [0.2, 0.25) is 0 Å². The molecule has 3 heterocycles. The summed E-state index contributed by atoms with van der Waals surface area (Å²) in [5.74, 6) is 0.857. The number of rotatable bonds is 4. The number of hydrogen-bond acceptors (Lipinski definition) is 3. The van der Waals surface area contributed by atoms with Crippen LogP contribution in [0.25, 0.3) is 0 Å². The highest BCUT2D eigenvalue weighted by atomic mass is 15.3. The first kappa shape index (κ1) is 18.3. The van der Waals surface area contributed by atoms with Crippen LogP contribution in [-0.4, -0.2) is 93.3 Å². The Morgan fingerprint density at radius 1 is 0.923 bits per heavy atom. The number of anilines is 1. The average molecular weight is 358 g/mol. The van der Waals surface area contributed by atoms with Crippen LogP contribution in [0.4, 0.5) is 5.69 Å². The summed E-state index contributed by atoms with van der Waals surface area (Å²) in [6.45, 7) is 13.7. The minimum absolute atomic E-state index is 0.851. The van der Waals surface area contributed by atoms with Crippen molar-refractivity contribution in [1.82, 2.24) is 9.80 Å². The van der Waals surface area contributed by atoms with E-state index >= 15 is 0 Å². The first-order valence-electron chi connectivity index (χ1n) is 10.6. The Morgan fingerprint density at radius 2 is 1.54 bits per heavy atom. The molecule has 3 saturated heterocycles. The van der Waals surface area contributed by atoms with Crippen molar-refractivity contribution < 1.29 is 4.48 Å². The Kier molecular flexibility index (Phi) is 5.27. The third-order valence-electron chi connectivity index (χ3n) is 6.93. The second kappa shape index (κ2) is 7.49. The molecule has 3 fully saturated rings. The van der Waals surface area contributed by atoms with Crippen LogP contribution in [0.15, 0.2) is 24.3 Å². The molecule has 0 bridgehead atoms. The minimum Gasteiger partial charge on any atom is -0.371 e. The Balaban J connectivity index is 1.17. The molecule has 3 aliphatic heterocycles. The molecule has 4 nitrogen and oxygen atoms in total. The van der Waals surface area contributed by atoms with E-state index in [0.717, 1.165) is 12.0 Å². The predicted molar refractivity (Wildman–Crippen MR) is 110 cm³/mol. The van der Waals surface area contributed by atoms with Crippen molar-refractivity contribution in [2.45, 2.75) is 25.8 Å². The fraction of sp³-hybridized carbons (Fsp3) is 0.727. The lowest BCUT2D eigenvalue weighted by Crippen LogP contribution is -2.58. The zero-order valence-corrected chi connectivity index (χ0v) is 17.0. The summed E-state index contributed by atoms with van der Waals surface area (Å²) in [5, 5.41) is 0. The topological polar surface area (TPSA) is 9.72 Å². The summed E-state index contributed by atoms with van der Waals surface area (Å²) in [6, 6.07) is 9.85. The number of piperazine rings is 1. The van der Waals surface area contributed by atoms with E-state index in [1.807, 2.05) is 0 Å². The number of aryl methyl sites for hydroxylation is 1. The van der Waals surface area contributed by atoms with Gasteiger partial charge in [-0.2, -0.15) is 0 Å². The lowest BCUT2D eigenvalue weighted by Gasteiger charge is -2.47. The molecule has 0 saturated carbocycles. The van der Waals surface area contributed by atoms with Gasteiger partial charge in [-0.1, -0.05) is 17.7 Å². The van der Waals surface area contributed by atoms with Crippen LogP contribution in [0.3, 0.4) is 0 Å². The predicted octanol–water partition coefficient (Wildman–Crippen LogP) is 2.29. The van der Waals surface area contributed by atoms with Crippen LogP contribution in [0.5, 0.6) is 0 Å². The van der Waals surface area contributed by atoms with Gasteiger partial charge >= 0.3 is 0 Å². The molecule has 0 aromatic heterocycles. The molecule has 144 valence electrons. The quantitative estimate of drug-likeness (QED) is 0.766. The monoisotopic (exact) mass is 357 g/mol. The summed E-state index contributed by atoms with van der Waals surface area (Å²) in [5.41, 5.74) is 2.75. The molecule has 1 aromatic carbocycles. The smallest absolute Gasteiger partial charge is 0.0797 e. The van der Waals surface area contributed by atoms with Gasteiger partial charge in [-0.3, -0.25) is 4.90 Å². The van der Waals surface area contributed by atoms with Gasteiger partial charge < -0.3 is 14.3 Å². The minimum atomic E-state index is 0.851. The van der Waals surface area contributed by atoms with Gasteiger partial charge in [-0.15, -0.1) is 0 Å². The summed E-state index contributed by atoms with van der Waals surface area (Å²) >= 11 is 0. The molecule has 1 aromatic rings. The zero-order valence-electron chi connectivity index (χ0n) is 17.0. The maximum Gasteiger partial charge on any atom is 0.0797 e. The van der Waals surface area contributed by atoms with Crippen LogP contribution in [0.2, 0.25) is 0 Å². The Bertz CT molecular complexity index is 573. The van der Waals surface area contributed by atoms with E-state index in [9.17, 15) is 0 Å². The van der Waals surface area contributed by atoms with Crippen molar-refractivity contribution in [3.8, 4) is 0 Å². The molecule has 0 unspecified atom stereocenters. The van der Waals surface area contributed by atoms with Crippen LogP contribution < -0.4 is 4.90 Å². The molecular weight excluding hydrogens is 320 g/mol. The van der Waals surface area contributed by atoms with Crippen molar-refractivity contribution in [3.63, 3.8) is 0 Å². The van der Waals surface area contributed by atoms with Gasteiger partial charge in [-0.25, -0.2) is 0 Å². The largest absolute Gasteiger partial charge is 0.371 e. The highest BCUT2D eigenvalue weighted by Crippen LogP contribution is 2.26. The number of hydrogen-bond donors (Lipinski definition) is 0. The van der Waals surface area contributed by atoms with Crippen molar-refractivity contribution >= 4 is 5.69 Å². The number of piperidine rings is 1. The first-order chi connectivity index (χ1) is 12.5. The van der Waals surface area contributed by atoms with Gasteiger partial charge in [0.1, 0.15) is 0 Å². The Labute approximate surface area is 160 Å². The second-order valence-corrected chi connectivity index (χ2v) is 9.56. The number of quaternary nitrogens is 1. The molecular formula is C22H37N4+. The van der Waals surface area contributed by atoms with Crippen molar-refractivity contribution in [2.75, 3.05) is 77.9 Å². The van der Waals surface area contributed by atoms with E-state index < -0.39 is 0 Å². The van der Waals surface area contributed by atoms with Crippen molar-refractivity contribution in [3.05, 3.63) is 29.8 Å². The summed E-state index contributed by atoms with van der Waals surface area (Å²) in [7, 11) is 4.76. The van der Waals surface area contributed by atoms with E-state index in [1.54, 1.807) is 0 Å². The van der Waals surface area contributed by atoms with Crippen LogP contribution in [-0.2, 0) is 0 Å². The van der Waals surface area contributed by atoms with Gasteiger partial charge in [0, 0.05) is 76.3 Å². The van der Waals surface area contributed by atoms with Crippen molar-refractivity contribution in [1.29, 1.82) is 0 Å². The number of likely N-dealkylation sites (tertiary alicyclic amines) is 1. The van der Waals surface area contributed by atoms with E-state index in [0.29, 0.717) is 0 Å².